The topological polar surface area (TPSA) is 17.1 Å². The Kier molecular flexibility index (Phi) is 3.46. The van der Waals surface area contributed by atoms with Gasteiger partial charge in [-0.15, -0.1) is 0 Å². The molecule has 0 spiro atoms. The van der Waals surface area contributed by atoms with Gasteiger partial charge in [-0.3, -0.25) is 4.79 Å². The van der Waals surface area contributed by atoms with E-state index in [1.54, 1.807) is 0 Å². The predicted molar refractivity (Wildman–Crippen MR) is 87.8 cm³/mol. The number of fused-ring (bicyclic) bond motifs is 1. The molecular formula is C19H17ClO. The summed E-state index contributed by atoms with van der Waals surface area (Å²) < 4.78 is 0. The summed E-state index contributed by atoms with van der Waals surface area (Å²) in [5, 5.41) is 0.706. The van der Waals surface area contributed by atoms with E-state index in [-0.39, 0.29) is 11.2 Å². The molecule has 0 bridgehead atoms. The molecule has 0 amide bonds. The van der Waals surface area contributed by atoms with Crippen LogP contribution in [-0.4, -0.2) is 5.78 Å². The minimum Gasteiger partial charge on any atom is -0.289 e. The molecule has 21 heavy (non-hydrogen) atoms. The van der Waals surface area contributed by atoms with Crippen LogP contribution in [0.4, 0.5) is 0 Å². The van der Waals surface area contributed by atoms with Crippen LogP contribution in [0.5, 0.6) is 0 Å². The van der Waals surface area contributed by atoms with Crippen LogP contribution in [0.2, 0.25) is 5.02 Å². The summed E-state index contributed by atoms with van der Waals surface area (Å²) in [5.74, 6) is 0.139. The van der Waals surface area contributed by atoms with Crippen molar-refractivity contribution < 1.29 is 4.79 Å². The van der Waals surface area contributed by atoms with Gasteiger partial charge in [0.15, 0.2) is 5.78 Å². The normalized spacial score (nSPS) is 18.6. The molecule has 1 aliphatic carbocycles. The van der Waals surface area contributed by atoms with E-state index in [1.165, 1.54) is 0 Å². The Morgan fingerprint density at radius 2 is 1.71 bits per heavy atom. The van der Waals surface area contributed by atoms with Crippen LogP contribution in [-0.2, 0) is 5.41 Å². The van der Waals surface area contributed by atoms with Gasteiger partial charge in [-0.25, -0.2) is 0 Å². The van der Waals surface area contributed by atoms with Gasteiger partial charge < -0.3 is 0 Å². The molecule has 0 saturated heterocycles. The van der Waals surface area contributed by atoms with Gasteiger partial charge in [-0.1, -0.05) is 61.8 Å². The third-order valence-electron chi connectivity index (χ3n) is 4.04. The fraction of sp³-hybridized carbons (Fsp3) is 0.211. The maximum Gasteiger partial charge on any atom is 0.189 e. The van der Waals surface area contributed by atoms with Crippen LogP contribution in [0.3, 0.4) is 0 Å². The van der Waals surface area contributed by atoms with Crippen molar-refractivity contribution >= 4 is 23.5 Å². The molecule has 0 aromatic heterocycles. The Bertz CT molecular complexity index is 723. The molecule has 0 heterocycles. The molecule has 3 rings (SSSR count). The highest BCUT2D eigenvalue weighted by Crippen LogP contribution is 2.39. The van der Waals surface area contributed by atoms with Crippen LogP contribution in [0.1, 0.15) is 41.8 Å². The number of hydrogen-bond acceptors (Lipinski definition) is 1. The minimum atomic E-state index is -0.0250. The van der Waals surface area contributed by atoms with Crippen LogP contribution in [0.15, 0.2) is 54.1 Å². The number of carbonyl (C=O) groups is 1. The molecule has 0 atom stereocenters. The lowest BCUT2D eigenvalue weighted by molar-refractivity contribution is 0.101. The zero-order chi connectivity index (χ0) is 15.0. The molecule has 0 unspecified atom stereocenters. The van der Waals surface area contributed by atoms with E-state index < -0.39 is 0 Å². The smallest absolute Gasteiger partial charge is 0.189 e. The van der Waals surface area contributed by atoms with Crippen LogP contribution in [0, 0.1) is 0 Å². The lowest BCUT2D eigenvalue weighted by Crippen LogP contribution is -2.29. The monoisotopic (exact) mass is 296 g/mol. The van der Waals surface area contributed by atoms with Gasteiger partial charge in [-0.2, -0.15) is 0 Å². The van der Waals surface area contributed by atoms with Gasteiger partial charge in [0, 0.05) is 16.2 Å². The van der Waals surface area contributed by atoms with Crippen molar-refractivity contribution in [2.45, 2.75) is 25.7 Å². The average molecular weight is 297 g/mol. The predicted octanol–water partition coefficient (Wildman–Crippen LogP) is 5.29. The highest BCUT2D eigenvalue weighted by atomic mass is 35.5. The number of Topliss-reactive ketones (excluding diaryl/α,β-unsaturated/α-hetero) is 1. The van der Waals surface area contributed by atoms with Crippen LogP contribution in [0.25, 0.3) is 6.08 Å². The van der Waals surface area contributed by atoms with E-state index in [0.29, 0.717) is 5.02 Å². The summed E-state index contributed by atoms with van der Waals surface area (Å²) in [4.78, 5) is 12.7. The summed E-state index contributed by atoms with van der Waals surface area (Å²) in [6, 6.07) is 15.5. The first kappa shape index (κ1) is 14.1. The Morgan fingerprint density at radius 3 is 2.43 bits per heavy atom. The maximum absolute atomic E-state index is 12.7. The van der Waals surface area contributed by atoms with Gasteiger partial charge in [0.2, 0.25) is 0 Å². The Morgan fingerprint density at radius 1 is 1.05 bits per heavy atom. The second-order valence-corrected chi connectivity index (χ2v) is 6.59. The van der Waals surface area contributed by atoms with Crippen molar-refractivity contribution in [1.82, 2.24) is 0 Å². The zero-order valence-electron chi connectivity index (χ0n) is 12.2. The Balaban J connectivity index is 2.06. The molecule has 1 nitrogen and oxygen atoms in total. The minimum absolute atomic E-state index is 0.0250. The van der Waals surface area contributed by atoms with Gasteiger partial charge in [-0.05, 0) is 41.2 Å². The first-order chi connectivity index (χ1) is 9.97. The maximum atomic E-state index is 12.7. The molecule has 0 fully saturated rings. The number of rotatable bonds is 1. The molecule has 106 valence electrons. The third-order valence-corrected chi connectivity index (χ3v) is 4.29. The SMILES string of the molecule is CC1(C)C/C(=C/c2ccc(Cl)cc2)C(=O)c2ccccc21. The van der Waals surface area contributed by atoms with E-state index in [2.05, 4.69) is 19.9 Å². The molecule has 2 heteroatoms. The number of allylic oxidation sites excluding steroid dienone is 1. The number of ketones is 1. The second-order valence-electron chi connectivity index (χ2n) is 6.16. The molecule has 2 aromatic carbocycles. The quantitative estimate of drug-likeness (QED) is 0.654. The van der Waals surface area contributed by atoms with Crippen molar-refractivity contribution in [1.29, 1.82) is 0 Å². The van der Waals surface area contributed by atoms with Crippen LogP contribution >= 0.6 is 11.6 Å². The van der Waals surface area contributed by atoms with E-state index in [4.69, 9.17) is 11.6 Å². The van der Waals surface area contributed by atoms with Crippen molar-refractivity contribution in [2.24, 2.45) is 0 Å². The highest BCUT2D eigenvalue weighted by molar-refractivity contribution is 6.30. The third kappa shape index (κ3) is 2.66. The second kappa shape index (κ2) is 5.16. The van der Waals surface area contributed by atoms with E-state index in [0.717, 1.165) is 28.7 Å². The average Bonchev–Trinajstić information content (AvgIpc) is 2.47. The van der Waals surface area contributed by atoms with Crippen molar-refractivity contribution in [3.05, 3.63) is 75.8 Å². The number of hydrogen-bond donors (Lipinski definition) is 0. The van der Waals surface area contributed by atoms with E-state index in [9.17, 15) is 4.79 Å². The zero-order valence-corrected chi connectivity index (χ0v) is 12.9. The number of carbonyl (C=O) groups excluding carboxylic acids is 1. The highest BCUT2D eigenvalue weighted by Gasteiger charge is 2.34. The first-order valence-corrected chi connectivity index (χ1v) is 7.45. The summed E-state index contributed by atoms with van der Waals surface area (Å²) in [6.07, 6.45) is 2.74. The molecule has 0 aliphatic heterocycles. The van der Waals surface area contributed by atoms with E-state index in [1.807, 2.05) is 48.5 Å². The van der Waals surface area contributed by atoms with Gasteiger partial charge >= 0.3 is 0 Å². The molecular weight excluding hydrogens is 280 g/mol. The van der Waals surface area contributed by atoms with Gasteiger partial charge in [0.25, 0.3) is 0 Å². The lowest BCUT2D eigenvalue weighted by atomic mass is 9.70. The number of halogens is 1. The van der Waals surface area contributed by atoms with Crippen LogP contribution < -0.4 is 0 Å². The standard InChI is InChI=1S/C19H17ClO/c1-19(2)12-14(11-13-7-9-15(20)10-8-13)18(21)16-5-3-4-6-17(16)19/h3-11H,12H2,1-2H3/b14-11-. The molecule has 2 aromatic rings. The van der Waals surface area contributed by atoms with Gasteiger partial charge in [0.1, 0.15) is 0 Å². The fourth-order valence-electron chi connectivity index (χ4n) is 2.97. The number of benzene rings is 2. The largest absolute Gasteiger partial charge is 0.289 e. The summed E-state index contributed by atoms with van der Waals surface area (Å²) >= 11 is 5.91. The lowest BCUT2D eigenvalue weighted by Gasteiger charge is -2.33. The molecule has 0 N–H and O–H groups in total. The van der Waals surface area contributed by atoms with Crippen molar-refractivity contribution in [2.75, 3.05) is 0 Å². The van der Waals surface area contributed by atoms with Crippen molar-refractivity contribution in [3.8, 4) is 0 Å². The fourth-order valence-corrected chi connectivity index (χ4v) is 3.10. The molecule has 0 saturated carbocycles. The summed E-state index contributed by atoms with van der Waals surface area (Å²) in [7, 11) is 0. The van der Waals surface area contributed by atoms with E-state index >= 15 is 0 Å². The Hall–Kier alpha value is -1.86. The Labute approximate surface area is 130 Å². The van der Waals surface area contributed by atoms with Gasteiger partial charge in [0.05, 0.1) is 0 Å². The summed E-state index contributed by atoms with van der Waals surface area (Å²) in [5.41, 5.74) is 3.82. The van der Waals surface area contributed by atoms with Crippen molar-refractivity contribution in [3.63, 3.8) is 0 Å². The first-order valence-electron chi connectivity index (χ1n) is 7.08. The summed E-state index contributed by atoms with van der Waals surface area (Å²) in [6.45, 7) is 4.38. The molecule has 0 radical (unpaired) electrons. The molecule has 1 aliphatic rings.